The van der Waals surface area contributed by atoms with Gasteiger partial charge in [0.1, 0.15) is 0 Å². The summed E-state index contributed by atoms with van der Waals surface area (Å²) in [5.41, 5.74) is 2.58. The molecule has 96 valence electrons. The van der Waals surface area contributed by atoms with E-state index in [0.29, 0.717) is 0 Å². The van der Waals surface area contributed by atoms with E-state index in [1.807, 2.05) is 18.2 Å². The van der Waals surface area contributed by atoms with Crippen molar-refractivity contribution in [3.63, 3.8) is 0 Å². The smallest absolute Gasteiger partial charge is 0.237 e. The summed E-state index contributed by atoms with van der Waals surface area (Å²) in [7, 11) is 0. The molecule has 1 aliphatic heterocycles. The minimum absolute atomic E-state index is 0.0939. The highest BCUT2D eigenvalue weighted by atomic mass is 16.2. The zero-order valence-electron chi connectivity index (χ0n) is 10.6. The molecule has 0 spiro atoms. The van der Waals surface area contributed by atoms with E-state index in [1.54, 1.807) is 0 Å². The molecule has 0 fully saturated rings. The molecule has 1 aliphatic rings. The second-order valence-corrected chi connectivity index (χ2v) is 4.63. The molecule has 0 bridgehead atoms. The van der Waals surface area contributed by atoms with E-state index in [9.17, 15) is 4.79 Å². The van der Waals surface area contributed by atoms with Crippen LogP contribution in [-0.4, -0.2) is 18.5 Å². The van der Waals surface area contributed by atoms with Gasteiger partial charge in [0.05, 0.1) is 6.04 Å². The van der Waals surface area contributed by atoms with Crippen molar-refractivity contribution >= 4 is 5.91 Å². The number of carbonyl (C=O) groups is 1. The Morgan fingerprint density at radius 2 is 2.22 bits per heavy atom. The Balaban J connectivity index is 1.85. The monoisotopic (exact) mass is 244 g/mol. The molecule has 3 heteroatoms. The van der Waals surface area contributed by atoms with Gasteiger partial charge in [0.2, 0.25) is 5.91 Å². The van der Waals surface area contributed by atoms with Crippen molar-refractivity contribution in [2.45, 2.75) is 31.8 Å². The topological polar surface area (TPSA) is 41.1 Å². The largest absolute Gasteiger partial charge is 0.355 e. The van der Waals surface area contributed by atoms with Gasteiger partial charge in [-0.3, -0.25) is 4.79 Å². The number of carbonyl (C=O) groups excluding carboxylic acids is 1. The molecule has 1 amide bonds. The van der Waals surface area contributed by atoms with Crippen LogP contribution in [-0.2, 0) is 17.8 Å². The number of rotatable bonds is 5. The van der Waals surface area contributed by atoms with Crippen molar-refractivity contribution in [2.75, 3.05) is 6.54 Å². The summed E-state index contributed by atoms with van der Waals surface area (Å²) >= 11 is 0. The Bertz CT molecular complexity index is 428. The van der Waals surface area contributed by atoms with E-state index in [1.165, 1.54) is 11.1 Å². The maximum Gasteiger partial charge on any atom is 0.237 e. The van der Waals surface area contributed by atoms with Crippen molar-refractivity contribution in [2.24, 2.45) is 0 Å². The van der Waals surface area contributed by atoms with E-state index in [2.05, 4.69) is 29.3 Å². The minimum atomic E-state index is -0.0939. The Morgan fingerprint density at radius 3 is 3.00 bits per heavy atom. The van der Waals surface area contributed by atoms with Gasteiger partial charge in [-0.15, -0.1) is 6.58 Å². The fourth-order valence-corrected chi connectivity index (χ4v) is 2.22. The van der Waals surface area contributed by atoms with Crippen molar-refractivity contribution in [1.29, 1.82) is 0 Å². The molecule has 3 nitrogen and oxygen atoms in total. The van der Waals surface area contributed by atoms with Gasteiger partial charge in [-0.2, -0.15) is 0 Å². The van der Waals surface area contributed by atoms with Gasteiger partial charge in [-0.25, -0.2) is 0 Å². The molecular weight excluding hydrogens is 224 g/mol. The molecule has 1 aromatic carbocycles. The summed E-state index contributed by atoms with van der Waals surface area (Å²) in [5.74, 6) is 0.105. The summed E-state index contributed by atoms with van der Waals surface area (Å²) in [6, 6.07) is 8.19. The average molecular weight is 244 g/mol. The van der Waals surface area contributed by atoms with Crippen LogP contribution in [0.2, 0.25) is 0 Å². The summed E-state index contributed by atoms with van der Waals surface area (Å²) in [6.45, 7) is 5.17. The molecule has 0 saturated carbocycles. The lowest BCUT2D eigenvalue weighted by Gasteiger charge is -2.25. The first kappa shape index (κ1) is 12.8. The lowest BCUT2D eigenvalue weighted by atomic mass is 9.95. The molecule has 1 atom stereocenters. The molecule has 0 radical (unpaired) electrons. The molecular formula is C15H20N2O. The predicted octanol–water partition coefficient (Wildman–Crippen LogP) is 1.78. The first-order valence-corrected chi connectivity index (χ1v) is 6.50. The third kappa shape index (κ3) is 3.20. The normalized spacial score (nSPS) is 17.9. The lowest BCUT2D eigenvalue weighted by Crippen LogP contribution is -2.47. The second-order valence-electron chi connectivity index (χ2n) is 4.63. The molecule has 0 saturated heterocycles. The van der Waals surface area contributed by atoms with Crippen LogP contribution in [0.15, 0.2) is 36.9 Å². The zero-order valence-corrected chi connectivity index (χ0v) is 10.6. The molecule has 1 aromatic rings. The predicted molar refractivity (Wildman–Crippen MR) is 73.2 cm³/mol. The second kappa shape index (κ2) is 6.36. The van der Waals surface area contributed by atoms with Gasteiger partial charge in [-0.1, -0.05) is 30.3 Å². The van der Waals surface area contributed by atoms with Crippen LogP contribution in [0.3, 0.4) is 0 Å². The fraction of sp³-hybridized carbons (Fsp3) is 0.400. The Morgan fingerprint density at radius 1 is 1.44 bits per heavy atom. The molecule has 2 rings (SSSR count). The van der Waals surface area contributed by atoms with Crippen molar-refractivity contribution < 1.29 is 4.79 Å². The summed E-state index contributed by atoms with van der Waals surface area (Å²) in [4.78, 5) is 12.0. The standard InChI is InChI=1S/C15H20N2O/c1-2-3-6-9-16-15(18)14-10-12-7-4-5-8-13(12)11-17-14/h2,4-5,7-8,14,17H,1,3,6,9-11H2,(H,16,18)/t14-/m0/s1. The van der Waals surface area contributed by atoms with Crippen LogP contribution in [0.4, 0.5) is 0 Å². The summed E-state index contributed by atoms with van der Waals surface area (Å²) < 4.78 is 0. The Labute approximate surface area is 108 Å². The highest BCUT2D eigenvalue weighted by Crippen LogP contribution is 2.16. The number of hydrogen-bond donors (Lipinski definition) is 2. The number of allylic oxidation sites excluding steroid dienone is 1. The number of benzene rings is 1. The third-order valence-corrected chi connectivity index (χ3v) is 3.28. The van der Waals surface area contributed by atoms with Crippen LogP contribution in [0, 0.1) is 0 Å². The average Bonchev–Trinajstić information content (AvgIpc) is 2.43. The zero-order chi connectivity index (χ0) is 12.8. The van der Waals surface area contributed by atoms with Gasteiger partial charge >= 0.3 is 0 Å². The van der Waals surface area contributed by atoms with Crippen molar-refractivity contribution in [3.8, 4) is 0 Å². The van der Waals surface area contributed by atoms with E-state index < -0.39 is 0 Å². The van der Waals surface area contributed by atoms with E-state index >= 15 is 0 Å². The van der Waals surface area contributed by atoms with Gasteiger partial charge < -0.3 is 10.6 Å². The molecule has 2 N–H and O–H groups in total. The van der Waals surface area contributed by atoms with Crippen LogP contribution in [0.5, 0.6) is 0 Å². The molecule has 0 aromatic heterocycles. The quantitative estimate of drug-likeness (QED) is 0.612. The summed E-state index contributed by atoms with van der Waals surface area (Å²) in [5, 5.41) is 6.25. The third-order valence-electron chi connectivity index (χ3n) is 3.28. The highest BCUT2D eigenvalue weighted by Gasteiger charge is 2.23. The van der Waals surface area contributed by atoms with Gasteiger partial charge in [0.25, 0.3) is 0 Å². The van der Waals surface area contributed by atoms with Gasteiger partial charge in [-0.05, 0) is 30.4 Å². The number of unbranched alkanes of at least 4 members (excludes halogenated alkanes) is 1. The Kier molecular flexibility index (Phi) is 4.53. The highest BCUT2D eigenvalue weighted by molar-refractivity contribution is 5.82. The fourth-order valence-electron chi connectivity index (χ4n) is 2.22. The van der Waals surface area contributed by atoms with Gasteiger partial charge in [0, 0.05) is 13.1 Å². The first-order chi connectivity index (χ1) is 8.81. The van der Waals surface area contributed by atoms with Gasteiger partial charge in [0.15, 0.2) is 0 Å². The number of nitrogens with one attached hydrogen (secondary N) is 2. The Hall–Kier alpha value is -1.61. The van der Waals surface area contributed by atoms with Crippen molar-refractivity contribution in [1.82, 2.24) is 10.6 Å². The van der Waals surface area contributed by atoms with E-state index in [4.69, 9.17) is 0 Å². The number of hydrogen-bond acceptors (Lipinski definition) is 2. The molecule has 0 aliphatic carbocycles. The lowest BCUT2D eigenvalue weighted by molar-refractivity contribution is -0.123. The van der Waals surface area contributed by atoms with E-state index in [0.717, 1.165) is 32.4 Å². The molecule has 0 unspecified atom stereocenters. The van der Waals surface area contributed by atoms with Crippen LogP contribution < -0.4 is 10.6 Å². The van der Waals surface area contributed by atoms with Crippen LogP contribution in [0.25, 0.3) is 0 Å². The molecule has 18 heavy (non-hydrogen) atoms. The maximum absolute atomic E-state index is 12.0. The minimum Gasteiger partial charge on any atom is -0.355 e. The molecule has 1 heterocycles. The number of fused-ring (bicyclic) bond motifs is 1. The van der Waals surface area contributed by atoms with Crippen molar-refractivity contribution in [3.05, 3.63) is 48.0 Å². The van der Waals surface area contributed by atoms with Crippen LogP contribution >= 0.6 is 0 Å². The maximum atomic E-state index is 12.0. The first-order valence-electron chi connectivity index (χ1n) is 6.50. The number of amides is 1. The van der Waals surface area contributed by atoms with E-state index in [-0.39, 0.29) is 11.9 Å². The van der Waals surface area contributed by atoms with Crippen LogP contribution in [0.1, 0.15) is 24.0 Å². The SMILES string of the molecule is C=CCCCNC(=O)[C@@H]1Cc2ccccc2CN1. The summed E-state index contributed by atoms with van der Waals surface area (Å²) in [6.07, 6.45) is 4.56.